The summed E-state index contributed by atoms with van der Waals surface area (Å²) in [4.78, 5) is 25.5. The summed E-state index contributed by atoms with van der Waals surface area (Å²) in [7, 11) is 0. The number of imidazole rings is 1. The minimum absolute atomic E-state index is 0.0437. The molecule has 26 heavy (non-hydrogen) atoms. The van der Waals surface area contributed by atoms with Crippen LogP contribution in [0.2, 0.25) is 0 Å². The normalized spacial score (nSPS) is 18.3. The van der Waals surface area contributed by atoms with Gasteiger partial charge in [-0.1, -0.05) is 19.9 Å². The lowest BCUT2D eigenvalue weighted by Crippen LogP contribution is -2.16. The van der Waals surface area contributed by atoms with E-state index in [4.69, 9.17) is 0 Å². The number of hydrogen-bond donors (Lipinski definition) is 1. The predicted molar refractivity (Wildman–Crippen MR) is 102 cm³/mol. The summed E-state index contributed by atoms with van der Waals surface area (Å²) in [5, 5.41) is 2.92. The van der Waals surface area contributed by atoms with Crippen molar-refractivity contribution in [2.24, 2.45) is 11.3 Å². The fourth-order valence-corrected chi connectivity index (χ4v) is 3.97. The van der Waals surface area contributed by atoms with E-state index in [1.165, 1.54) is 0 Å². The van der Waals surface area contributed by atoms with Gasteiger partial charge in [-0.25, -0.2) is 9.97 Å². The molecule has 6 nitrogen and oxygen atoms in total. The van der Waals surface area contributed by atoms with Gasteiger partial charge in [-0.3, -0.25) is 9.78 Å². The number of carbonyl (C=O) groups is 1. The van der Waals surface area contributed by atoms with Gasteiger partial charge in [0.1, 0.15) is 0 Å². The Morgan fingerprint density at radius 3 is 2.96 bits per heavy atom. The molecule has 1 aromatic carbocycles. The molecule has 1 unspecified atom stereocenters. The fourth-order valence-electron chi connectivity index (χ4n) is 3.25. The van der Waals surface area contributed by atoms with Crippen molar-refractivity contribution < 1.29 is 4.79 Å². The number of hydrogen-bond acceptors (Lipinski definition) is 5. The first-order chi connectivity index (χ1) is 12.5. The van der Waals surface area contributed by atoms with E-state index >= 15 is 0 Å². The number of anilines is 1. The summed E-state index contributed by atoms with van der Waals surface area (Å²) < 4.78 is 3.03. The lowest BCUT2D eigenvalue weighted by atomic mass is 10.1. The Morgan fingerprint density at radius 1 is 1.31 bits per heavy atom. The number of nitrogens with one attached hydrogen (secondary N) is 1. The maximum Gasteiger partial charge on any atom is 0.229 e. The minimum Gasteiger partial charge on any atom is -0.309 e. The standard InChI is InChI=1S/C19H17N5OS/c1-19(2)6-12(19)18(25)23-16-9-24-8-14(20-7-17(24)22-16)11-3-4-13-15(5-11)26-10-21-13/h3-5,7-10,12H,6H2,1-2H3,(H,23,25). The van der Waals surface area contributed by atoms with Crippen molar-refractivity contribution in [2.45, 2.75) is 20.3 Å². The summed E-state index contributed by atoms with van der Waals surface area (Å²) in [5.74, 6) is 0.684. The Balaban J connectivity index is 1.45. The largest absolute Gasteiger partial charge is 0.309 e. The first kappa shape index (κ1) is 15.5. The van der Waals surface area contributed by atoms with E-state index in [0.717, 1.165) is 27.9 Å². The average molecular weight is 363 g/mol. The van der Waals surface area contributed by atoms with Crippen LogP contribution in [0.15, 0.2) is 42.3 Å². The Hall–Kier alpha value is -2.80. The highest BCUT2D eigenvalue weighted by Crippen LogP contribution is 2.51. The van der Waals surface area contributed by atoms with E-state index in [0.29, 0.717) is 11.5 Å². The van der Waals surface area contributed by atoms with Crippen molar-refractivity contribution in [2.75, 3.05) is 5.32 Å². The molecule has 0 bridgehead atoms. The van der Waals surface area contributed by atoms with Crippen molar-refractivity contribution in [3.05, 3.63) is 42.3 Å². The lowest BCUT2D eigenvalue weighted by Gasteiger charge is -2.02. The number of thiazole rings is 1. The van der Waals surface area contributed by atoms with Crippen molar-refractivity contribution in [1.29, 1.82) is 0 Å². The summed E-state index contributed by atoms with van der Waals surface area (Å²) in [6, 6.07) is 6.12. The zero-order valence-electron chi connectivity index (χ0n) is 14.4. The molecule has 1 aliphatic carbocycles. The first-order valence-corrected chi connectivity index (χ1v) is 9.37. The van der Waals surface area contributed by atoms with Gasteiger partial charge in [0.2, 0.25) is 5.91 Å². The van der Waals surface area contributed by atoms with Crippen LogP contribution in [0.3, 0.4) is 0 Å². The molecule has 0 spiro atoms. The lowest BCUT2D eigenvalue weighted by molar-refractivity contribution is -0.118. The highest BCUT2D eigenvalue weighted by Gasteiger charge is 2.50. The van der Waals surface area contributed by atoms with E-state index in [1.807, 2.05) is 34.4 Å². The molecule has 4 aromatic rings. The van der Waals surface area contributed by atoms with E-state index in [2.05, 4.69) is 40.2 Å². The second-order valence-corrected chi connectivity index (χ2v) is 8.32. The maximum absolute atomic E-state index is 12.3. The SMILES string of the molecule is CC1(C)CC1C(=O)Nc1cn2cc(-c3ccc4ncsc4c3)ncc2n1. The average Bonchev–Trinajstić information content (AvgIpc) is 2.99. The topological polar surface area (TPSA) is 72.2 Å². The zero-order valence-corrected chi connectivity index (χ0v) is 15.2. The molecule has 0 aliphatic heterocycles. The van der Waals surface area contributed by atoms with Crippen molar-refractivity contribution in [1.82, 2.24) is 19.4 Å². The number of fused-ring (bicyclic) bond motifs is 2. The van der Waals surface area contributed by atoms with Crippen LogP contribution in [0.4, 0.5) is 5.82 Å². The fraction of sp³-hybridized carbons (Fsp3) is 0.263. The van der Waals surface area contributed by atoms with Gasteiger partial charge in [-0.2, -0.15) is 0 Å². The molecule has 7 heteroatoms. The molecular weight excluding hydrogens is 346 g/mol. The molecule has 1 saturated carbocycles. The summed E-state index contributed by atoms with van der Waals surface area (Å²) in [6.45, 7) is 4.22. The van der Waals surface area contributed by atoms with Crippen LogP contribution in [0.1, 0.15) is 20.3 Å². The highest BCUT2D eigenvalue weighted by atomic mass is 32.1. The summed E-state index contributed by atoms with van der Waals surface area (Å²) in [6.07, 6.45) is 6.42. The van der Waals surface area contributed by atoms with E-state index in [9.17, 15) is 4.79 Å². The first-order valence-electron chi connectivity index (χ1n) is 8.49. The van der Waals surface area contributed by atoms with E-state index < -0.39 is 0 Å². The monoisotopic (exact) mass is 363 g/mol. The second-order valence-electron chi connectivity index (χ2n) is 7.43. The maximum atomic E-state index is 12.3. The predicted octanol–water partition coefficient (Wildman–Crippen LogP) is 3.99. The Kier molecular flexibility index (Phi) is 3.18. The number of amides is 1. The molecule has 1 atom stereocenters. The third-order valence-corrected chi connectivity index (χ3v) is 5.84. The Bertz CT molecular complexity index is 1160. The molecule has 1 fully saturated rings. The number of aromatic nitrogens is 4. The van der Waals surface area contributed by atoms with Crippen LogP contribution in [0.5, 0.6) is 0 Å². The third kappa shape index (κ3) is 2.55. The van der Waals surface area contributed by atoms with Crippen LogP contribution in [0, 0.1) is 11.3 Å². The third-order valence-electron chi connectivity index (χ3n) is 5.05. The van der Waals surface area contributed by atoms with Crippen molar-refractivity contribution in [3.8, 4) is 11.3 Å². The molecular formula is C19H17N5OS. The van der Waals surface area contributed by atoms with Gasteiger partial charge in [0.25, 0.3) is 0 Å². The molecule has 1 amide bonds. The van der Waals surface area contributed by atoms with Gasteiger partial charge in [0.05, 0.1) is 33.8 Å². The zero-order chi connectivity index (χ0) is 17.9. The van der Waals surface area contributed by atoms with Crippen LogP contribution >= 0.6 is 11.3 Å². The highest BCUT2D eigenvalue weighted by molar-refractivity contribution is 7.16. The summed E-state index contributed by atoms with van der Waals surface area (Å²) in [5.41, 5.74) is 5.53. The van der Waals surface area contributed by atoms with Crippen LogP contribution in [-0.2, 0) is 4.79 Å². The van der Waals surface area contributed by atoms with Crippen LogP contribution < -0.4 is 5.32 Å². The van der Waals surface area contributed by atoms with E-state index in [1.54, 1.807) is 17.5 Å². The smallest absolute Gasteiger partial charge is 0.229 e. The number of nitrogens with zero attached hydrogens (tertiary/aromatic N) is 4. The van der Waals surface area contributed by atoms with E-state index in [-0.39, 0.29) is 17.2 Å². The minimum atomic E-state index is 0.0437. The summed E-state index contributed by atoms with van der Waals surface area (Å²) >= 11 is 1.61. The molecule has 5 rings (SSSR count). The number of benzene rings is 1. The number of rotatable bonds is 3. The van der Waals surface area contributed by atoms with Gasteiger partial charge in [0, 0.05) is 17.7 Å². The number of carbonyl (C=O) groups excluding carboxylic acids is 1. The molecule has 3 aromatic heterocycles. The quantitative estimate of drug-likeness (QED) is 0.597. The molecule has 0 radical (unpaired) electrons. The molecule has 130 valence electrons. The second kappa shape index (κ2) is 5.35. The molecule has 0 saturated heterocycles. The molecule has 1 N–H and O–H groups in total. The Labute approximate surface area is 153 Å². The van der Waals surface area contributed by atoms with Crippen LogP contribution in [0.25, 0.3) is 27.1 Å². The van der Waals surface area contributed by atoms with Gasteiger partial charge in [-0.05, 0) is 24.0 Å². The molecule has 1 aliphatic rings. The molecule has 3 heterocycles. The van der Waals surface area contributed by atoms with Gasteiger partial charge < -0.3 is 9.72 Å². The van der Waals surface area contributed by atoms with Crippen molar-refractivity contribution >= 4 is 38.9 Å². The van der Waals surface area contributed by atoms with Gasteiger partial charge >= 0.3 is 0 Å². The van der Waals surface area contributed by atoms with Gasteiger partial charge in [0.15, 0.2) is 11.5 Å². The Morgan fingerprint density at radius 2 is 2.15 bits per heavy atom. The van der Waals surface area contributed by atoms with Crippen molar-refractivity contribution in [3.63, 3.8) is 0 Å². The van der Waals surface area contributed by atoms with Gasteiger partial charge in [-0.15, -0.1) is 11.3 Å². The van der Waals surface area contributed by atoms with Crippen LogP contribution in [-0.4, -0.2) is 25.3 Å².